The molecule has 0 spiro atoms. The Morgan fingerprint density at radius 1 is 1.00 bits per heavy atom. The SMILES string of the molecule is CC(C)c1ccc(C=NNC(=O)Cc2cccc3ccccc23)cc1. The van der Waals surface area contributed by atoms with Crippen LogP contribution < -0.4 is 5.43 Å². The summed E-state index contributed by atoms with van der Waals surface area (Å²) in [7, 11) is 0. The summed E-state index contributed by atoms with van der Waals surface area (Å²) in [6.07, 6.45) is 1.98. The van der Waals surface area contributed by atoms with E-state index in [4.69, 9.17) is 0 Å². The van der Waals surface area contributed by atoms with Crippen LogP contribution >= 0.6 is 0 Å². The third-order valence-corrected chi connectivity index (χ3v) is 4.24. The van der Waals surface area contributed by atoms with Crippen LogP contribution in [0, 0.1) is 0 Å². The van der Waals surface area contributed by atoms with Gasteiger partial charge in [0, 0.05) is 0 Å². The molecule has 0 aliphatic rings. The second-order valence-corrected chi connectivity index (χ2v) is 6.43. The fourth-order valence-corrected chi connectivity index (χ4v) is 2.80. The molecule has 3 aromatic rings. The van der Waals surface area contributed by atoms with Crippen molar-refractivity contribution in [1.82, 2.24) is 5.43 Å². The van der Waals surface area contributed by atoms with E-state index in [2.05, 4.69) is 48.6 Å². The molecule has 25 heavy (non-hydrogen) atoms. The van der Waals surface area contributed by atoms with Crippen LogP contribution in [-0.4, -0.2) is 12.1 Å². The third-order valence-electron chi connectivity index (χ3n) is 4.24. The summed E-state index contributed by atoms with van der Waals surface area (Å²) in [5.74, 6) is 0.387. The Bertz CT molecular complexity index is 890. The average Bonchev–Trinajstić information content (AvgIpc) is 2.62. The zero-order valence-corrected chi connectivity index (χ0v) is 14.6. The van der Waals surface area contributed by atoms with Crippen LogP contribution in [0.5, 0.6) is 0 Å². The molecule has 0 aliphatic carbocycles. The lowest BCUT2D eigenvalue weighted by molar-refractivity contribution is -0.120. The van der Waals surface area contributed by atoms with Gasteiger partial charge in [0.25, 0.3) is 0 Å². The number of hydrogen-bond acceptors (Lipinski definition) is 2. The van der Waals surface area contributed by atoms with Gasteiger partial charge in [-0.15, -0.1) is 0 Å². The molecule has 0 saturated heterocycles. The maximum Gasteiger partial charge on any atom is 0.244 e. The fourth-order valence-electron chi connectivity index (χ4n) is 2.80. The number of nitrogens with one attached hydrogen (secondary N) is 1. The van der Waals surface area contributed by atoms with Crippen LogP contribution in [0.1, 0.15) is 36.5 Å². The smallest absolute Gasteiger partial charge is 0.244 e. The molecule has 0 aliphatic heterocycles. The molecule has 0 radical (unpaired) electrons. The molecule has 0 unspecified atom stereocenters. The van der Waals surface area contributed by atoms with Crippen molar-refractivity contribution in [3.05, 3.63) is 83.4 Å². The van der Waals surface area contributed by atoms with Gasteiger partial charge < -0.3 is 0 Å². The van der Waals surface area contributed by atoms with Gasteiger partial charge in [-0.25, -0.2) is 5.43 Å². The lowest BCUT2D eigenvalue weighted by atomic mass is 10.0. The van der Waals surface area contributed by atoms with Crippen molar-refractivity contribution < 1.29 is 4.79 Å². The number of benzene rings is 3. The number of hydrogen-bond donors (Lipinski definition) is 1. The van der Waals surface area contributed by atoms with E-state index in [1.54, 1.807) is 6.21 Å². The molecule has 0 fully saturated rings. The number of hydrazone groups is 1. The highest BCUT2D eigenvalue weighted by Crippen LogP contribution is 2.18. The first-order chi connectivity index (χ1) is 12.1. The van der Waals surface area contributed by atoms with Crippen molar-refractivity contribution >= 4 is 22.9 Å². The van der Waals surface area contributed by atoms with E-state index in [0.717, 1.165) is 21.9 Å². The Hall–Kier alpha value is -2.94. The molecule has 1 N–H and O–H groups in total. The van der Waals surface area contributed by atoms with Gasteiger partial charge in [-0.05, 0) is 33.4 Å². The molecule has 3 rings (SSSR count). The highest BCUT2D eigenvalue weighted by molar-refractivity contribution is 5.90. The van der Waals surface area contributed by atoms with Gasteiger partial charge >= 0.3 is 0 Å². The van der Waals surface area contributed by atoms with Gasteiger partial charge in [0.05, 0.1) is 12.6 Å². The highest BCUT2D eigenvalue weighted by atomic mass is 16.2. The number of carbonyl (C=O) groups excluding carboxylic acids is 1. The van der Waals surface area contributed by atoms with Crippen molar-refractivity contribution in [2.75, 3.05) is 0 Å². The Kier molecular flexibility index (Phi) is 5.24. The molecule has 3 aromatic carbocycles. The lowest BCUT2D eigenvalue weighted by Gasteiger charge is -2.06. The molecule has 1 amide bonds. The second kappa shape index (κ2) is 7.75. The fraction of sp³-hybridized carbons (Fsp3) is 0.182. The van der Waals surface area contributed by atoms with Gasteiger partial charge in [0.1, 0.15) is 0 Å². The summed E-state index contributed by atoms with van der Waals surface area (Å²) in [4.78, 5) is 12.2. The van der Waals surface area contributed by atoms with Crippen LogP contribution in [0.25, 0.3) is 10.8 Å². The Morgan fingerprint density at radius 3 is 2.48 bits per heavy atom. The first-order valence-electron chi connectivity index (χ1n) is 8.52. The normalized spacial score (nSPS) is 11.3. The van der Waals surface area contributed by atoms with Gasteiger partial charge in [-0.1, -0.05) is 80.6 Å². The molecular weight excluding hydrogens is 308 g/mol. The lowest BCUT2D eigenvalue weighted by Crippen LogP contribution is -2.19. The number of rotatable bonds is 5. The number of nitrogens with zero attached hydrogens (tertiary/aromatic N) is 1. The molecule has 3 heteroatoms. The monoisotopic (exact) mass is 330 g/mol. The minimum atomic E-state index is -0.119. The molecule has 0 bridgehead atoms. The van der Waals surface area contributed by atoms with E-state index in [9.17, 15) is 4.79 Å². The van der Waals surface area contributed by atoms with E-state index < -0.39 is 0 Å². The predicted molar refractivity (Wildman–Crippen MR) is 104 cm³/mol. The van der Waals surface area contributed by atoms with Crippen LogP contribution in [0.2, 0.25) is 0 Å². The van der Waals surface area contributed by atoms with E-state index in [-0.39, 0.29) is 5.91 Å². The number of carbonyl (C=O) groups is 1. The third kappa shape index (κ3) is 4.32. The highest BCUT2D eigenvalue weighted by Gasteiger charge is 2.05. The molecular formula is C22H22N2O. The van der Waals surface area contributed by atoms with Gasteiger partial charge in [0.15, 0.2) is 0 Å². The minimum absolute atomic E-state index is 0.119. The van der Waals surface area contributed by atoms with Crippen molar-refractivity contribution in [2.24, 2.45) is 5.10 Å². The summed E-state index contributed by atoms with van der Waals surface area (Å²) in [5, 5.41) is 6.31. The van der Waals surface area contributed by atoms with E-state index in [0.29, 0.717) is 12.3 Å². The van der Waals surface area contributed by atoms with Crippen LogP contribution in [0.4, 0.5) is 0 Å². The maximum absolute atomic E-state index is 12.2. The topological polar surface area (TPSA) is 41.5 Å². The summed E-state index contributed by atoms with van der Waals surface area (Å²) < 4.78 is 0. The van der Waals surface area contributed by atoms with Crippen LogP contribution in [0.15, 0.2) is 71.8 Å². The summed E-state index contributed by atoms with van der Waals surface area (Å²) >= 11 is 0. The Labute approximate surface area is 148 Å². The van der Waals surface area contributed by atoms with Crippen molar-refractivity contribution in [1.29, 1.82) is 0 Å². The van der Waals surface area contributed by atoms with Crippen molar-refractivity contribution in [3.8, 4) is 0 Å². The molecule has 126 valence electrons. The quantitative estimate of drug-likeness (QED) is 0.537. The van der Waals surface area contributed by atoms with Gasteiger partial charge in [-0.3, -0.25) is 4.79 Å². The maximum atomic E-state index is 12.2. The minimum Gasteiger partial charge on any atom is -0.273 e. The standard InChI is InChI=1S/C22H22N2O/c1-16(2)18-12-10-17(11-13-18)15-23-24-22(25)14-20-8-5-7-19-6-3-4-9-21(19)20/h3-13,15-16H,14H2,1-2H3,(H,24,25). The number of amides is 1. The zero-order valence-electron chi connectivity index (χ0n) is 14.6. The largest absolute Gasteiger partial charge is 0.273 e. The molecule has 3 nitrogen and oxygen atoms in total. The Morgan fingerprint density at radius 2 is 1.72 bits per heavy atom. The summed E-state index contributed by atoms with van der Waals surface area (Å²) in [6, 6.07) is 22.3. The zero-order chi connectivity index (χ0) is 17.6. The van der Waals surface area contributed by atoms with Crippen molar-refractivity contribution in [3.63, 3.8) is 0 Å². The second-order valence-electron chi connectivity index (χ2n) is 6.43. The van der Waals surface area contributed by atoms with Crippen molar-refractivity contribution in [2.45, 2.75) is 26.2 Å². The predicted octanol–water partition coefficient (Wildman–Crippen LogP) is 4.66. The number of fused-ring (bicyclic) bond motifs is 1. The average molecular weight is 330 g/mol. The Balaban J connectivity index is 1.62. The molecule has 0 saturated carbocycles. The molecule has 0 aromatic heterocycles. The van der Waals surface area contributed by atoms with E-state index in [1.807, 2.05) is 42.5 Å². The van der Waals surface area contributed by atoms with Crippen LogP contribution in [0.3, 0.4) is 0 Å². The summed E-state index contributed by atoms with van der Waals surface area (Å²) in [6.45, 7) is 4.33. The van der Waals surface area contributed by atoms with Crippen LogP contribution in [-0.2, 0) is 11.2 Å². The summed E-state index contributed by atoms with van der Waals surface area (Å²) in [5.41, 5.74) is 5.88. The van der Waals surface area contributed by atoms with Gasteiger partial charge in [0.2, 0.25) is 5.91 Å². The molecule has 0 atom stereocenters. The van der Waals surface area contributed by atoms with E-state index >= 15 is 0 Å². The van der Waals surface area contributed by atoms with E-state index in [1.165, 1.54) is 5.56 Å². The first-order valence-corrected chi connectivity index (χ1v) is 8.52. The van der Waals surface area contributed by atoms with Gasteiger partial charge in [-0.2, -0.15) is 5.10 Å². The molecule has 0 heterocycles. The first kappa shape index (κ1) is 16.9.